The number of benzene rings is 1. The summed E-state index contributed by atoms with van der Waals surface area (Å²) in [5.74, 6) is -1.03. The Morgan fingerprint density at radius 3 is 2.80 bits per heavy atom. The van der Waals surface area contributed by atoms with Crippen molar-refractivity contribution in [2.45, 2.75) is 38.8 Å². The Balaban J connectivity index is 1.56. The molecule has 0 saturated carbocycles. The van der Waals surface area contributed by atoms with Crippen molar-refractivity contribution in [2.75, 3.05) is 5.32 Å². The van der Waals surface area contributed by atoms with Crippen molar-refractivity contribution in [3.8, 4) is 0 Å². The van der Waals surface area contributed by atoms with E-state index in [-0.39, 0.29) is 12.1 Å². The van der Waals surface area contributed by atoms with E-state index in [4.69, 9.17) is 4.74 Å². The fourth-order valence-electron chi connectivity index (χ4n) is 2.91. The van der Waals surface area contributed by atoms with Gasteiger partial charge in [0, 0.05) is 18.0 Å². The lowest BCUT2D eigenvalue weighted by atomic mass is 10.1. The number of aromatic nitrogens is 1. The lowest BCUT2D eigenvalue weighted by Gasteiger charge is -2.14. The summed E-state index contributed by atoms with van der Waals surface area (Å²) >= 11 is 0. The average Bonchev–Trinajstić information content (AvgIpc) is 3.04. The minimum atomic E-state index is -0.944. The summed E-state index contributed by atoms with van der Waals surface area (Å²) in [6, 6.07) is 10.5. The summed E-state index contributed by atoms with van der Waals surface area (Å²) < 4.78 is 6.35. The first-order valence-electron chi connectivity index (χ1n) is 8.30. The molecule has 1 atom stereocenters. The molecule has 6 heteroatoms. The lowest BCUT2D eigenvalue weighted by Crippen LogP contribution is -2.32. The molecule has 3 rings (SSSR count). The van der Waals surface area contributed by atoms with E-state index >= 15 is 0 Å². The van der Waals surface area contributed by atoms with E-state index in [1.165, 1.54) is 34.9 Å². The van der Waals surface area contributed by atoms with Crippen LogP contribution < -0.4 is 10.9 Å². The predicted octanol–water partition coefficient (Wildman–Crippen LogP) is 1.91. The molecule has 1 heterocycles. The number of rotatable bonds is 5. The number of aryl methyl sites for hydroxylation is 2. The summed E-state index contributed by atoms with van der Waals surface area (Å²) in [7, 11) is 0. The monoisotopic (exact) mass is 340 g/mol. The molecule has 25 heavy (non-hydrogen) atoms. The first-order chi connectivity index (χ1) is 12.0. The highest BCUT2D eigenvalue weighted by atomic mass is 16.5. The van der Waals surface area contributed by atoms with E-state index in [0.717, 1.165) is 19.3 Å². The van der Waals surface area contributed by atoms with Gasteiger partial charge in [-0.2, -0.15) is 0 Å². The lowest BCUT2D eigenvalue weighted by molar-refractivity contribution is -0.153. The molecule has 130 valence electrons. The van der Waals surface area contributed by atoms with Crippen LogP contribution in [-0.4, -0.2) is 22.5 Å². The van der Waals surface area contributed by atoms with Crippen LogP contribution in [-0.2, 0) is 33.7 Å². The number of nitrogens with one attached hydrogen (secondary N) is 1. The van der Waals surface area contributed by atoms with Crippen molar-refractivity contribution in [1.29, 1.82) is 0 Å². The van der Waals surface area contributed by atoms with Gasteiger partial charge in [-0.1, -0.05) is 12.1 Å². The number of amides is 1. The molecule has 1 N–H and O–H groups in total. The zero-order valence-corrected chi connectivity index (χ0v) is 14.0. The van der Waals surface area contributed by atoms with Crippen molar-refractivity contribution in [3.05, 3.63) is 64.1 Å². The van der Waals surface area contributed by atoms with Gasteiger partial charge in [0.2, 0.25) is 0 Å². The summed E-state index contributed by atoms with van der Waals surface area (Å²) in [4.78, 5) is 35.7. The number of hydrogen-bond donors (Lipinski definition) is 1. The number of carbonyl (C=O) groups excluding carboxylic acids is 2. The highest BCUT2D eigenvalue weighted by molar-refractivity contribution is 5.95. The normalized spacial score (nSPS) is 13.8. The molecular formula is C19H20N2O4. The molecule has 6 nitrogen and oxygen atoms in total. The molecule has 0 fully saturated rings. The van der Waals surface area contributed by atoms with Gasteiger partial charge in [-0.3, -0.25) is 14.4 Å². The van der Waals surface area contributed by atoms with Gasteiger partial charge in [-0.05, 0) is 55.5 Å². The summed E-state index contributed by atoms with van der Waals surface area (Å²) in [5.41, 5.74) is 2.99. The smallest absolute Gasteiger partial charge is 0.326 e. The summed E-state index contributed by atoms with van der Waals surface area (Å²) in [6.45, 7) is 1.28. The van der Waals surface area contributed by atoms with Gasteiger partial charge < -0.3 is 14.6 Å². The van der Waals surface area contributed by atoms with Crippen molar-refractivity contribution in [1.82, 2.24) is 4.57 Å². The van der Waals surface area contributed by atoms with Gasteiger partial charge >= 0.3 is 5.97 Å². The Morgan fingerprint density at radius 2 is 2.00 bits per heavy atom. The second-order valence-electron chi connectivity index (χ2n) is 6.13. The highest BCUT2D eigenvalue weighted by Crippen LogP contribution is 2.24. The molecule has 0 saturated heterocycles. The maximum Gasteiger partial charge on any atom is 0.326 e. The minimum absolute atomic E-state index is 0.226. The number of pyridine rings is 1. The van der Waals surface area contributed by atoms with Gasteiger partial charge in [0.25, 0.3) is 11.5 Å². The van der Waals surface area contributed by atoms with Crippen LogP contribution in [0.5, 0.6) is 0 Å². The van der Waals surface area contributed by atoms with Gasteiger partial charge in [-0.15, -0.1) is 0 Å². The summed E-state index contributed by atoms with van der Waals surface area (Å²) in [6.07, 6.45) is 3.80. The van der Waals surface area contributed by atoms with E-state index in [2.05, 4.69) is 5.32 Å². The molecule has 0 bridgehead atoms. The second kappa shape index (κ2) is 7.34. The maximum absolute atomic E-state index is 12.2. The fourth-order valence-corrected chi connectivity index (χ4v) is 2.91. The van der Waals surface area contributed by atoms with E-state index in [0.29, 0.717) is 5.69 Å². The molecule has 1 amide bonds. The molecule has 0 spiro atoms. The van der Waals surface area contributed by atoms with Crippen molar-refractivity contribution >= 4 is 17.6 Å². The zero-order chi connectivity index (χ0) is 17.8. The standard InChI is InChI=1S/C19H20N2O4/c1-13(25-18(23)12-21-10-3-2-7-17(21)22)19(24)20-16-9-8-14-5-4-6-15(14)11-16/h2-3,7-11,13H,4-6,12H2,1H3,(H,20,24)/t13-/m0/s1. The van der Waals surface area contributed by atoms with Gasteiger partial charge in [0.05, 0.1) is 0 Å². The first kappa shape index (κ1) is 17.0. The van der Waals surface area contributed by atoms with Crippen molar-refractivity contribution < 1.29 is 14.3 Å². The third-order valence-electron chi connectivity index (χ3n) is 4.24. The van der Waals surface area contributed by atoms with Crippen LogP contribution in [0.25, 0.3) is 0 Å². The third kappa shape index (κ3) is 4.15. The maximum atomic E-state index is 12.2. The van der Waals surface area contributed by atoms with Crippen LogP contribution in [0.2, 0.25) is 0 Å². The zero-order valence-electron chi connectivity index (χ0n) is 14.0. The van der Waals surface area contributed by atoms with Crippen LogP contribution in [0.4, 0.5) is 5.69 Å². The van der Waals surface area contributed by atoms with Gasteiger partial charge in [-0.25, -0.2) is 0 Å². The third-order valence-corrected chi connectivity index (χ3v) is 4.24. The highest BCUT2D eigenvalue weighted by Gasteiger charge is 2.19. The SMILES string of the molecule is C[C@H](OC(=O)Cn1ccccc1=O)C(=O)Nc1ccc2c(c1)CCC2. The Labute approximate surface area is 145 Å². The van der Waals surface area contributed by atoms with Crippen molar-refractivity contribution in [3.63, 3.8) is 0 Å². The number of hydrogen-bond acceptors (Lipinski definition) is 4. The molecule has 2 aromatic rings. The van der Waals surface area contributed by atoms with E-state index in [1.807, 2.05) is 18.2 Å². The number of fused-ring (bicyclic) bond motifs is 1. The number of esters is 1. The molecule has 1 aromatic heterocycles. The van der Waals surface area contributed by atoms with Crippen LogP contribution >= 0.6 is 0 Å². The number of ether oxygens (including phenoxy) is 1. The predicted molar refractivity (Wildman–Crippen MR) is 93.4 cm³/mol. The van der Waals surface area contributed by atoms with E-state index in [1.54, 1.807) is 12.1 Å². The van der Waals surface area contributed by atoms with Crippen LogP contribution in [0.15, 0.2) is 47.4 Å². The molecule has 0 aliphatic heterocycles. The molecule has 0 radical (unpaired) electrons. The van der Waals surface area contributed by atoms with Gasteiger partial charge in [0.15, 0.2) is 6.10 Å². The minimum Gasteiger partial charge on any atom is -0.451 e. The quantitative estimate of drug-likeness (QED) is 0.844. The fraction of sp³-hybridized carbons (Fsp3) is 0.316. The largest absolute Gasteiger partial charge is 0.451 e. The van der Waals surface area contributed by atoms with Gasteiger partial charge in [0.1, 0.15) is 6.54 Å². The van der Waals surface area contributed by atoms with Crippen LogP contribution in [0.3, 0.4) is 0 Å². The molecule has 0 unspecified atom stereocenters. The molecule has 1 aliphatic carbocycles. The number of nitrogens with zero attached hydrogens (tertiary/aromatic N) is 1. The molecular weight excluding hydrogens is 320 g/mol. The Bertz CT molecular complexity index is 856. The Kier molecular flexibility index (Phi) is 4.97. The van der Waals surface area contributed by atoms with Crippen LogP contribution in [0.1, 0.15) is 24.5 Å². The van der Waals surface area contributed by atoms with Crippen LogP contribution in [0, 0.1) is 0 Å². The van der Waals surface area contributed by atoms with Crippen molar-refractivity contribution in [2.24, 2.45) is 0 Å². The average molecular weight is 340 g/mol. The summed E-state index contributed by atoms with van der Waals surface area (Å²) in [5, 5.41) is 2.77. The molecule has 1 aliphatic rings. The van der Waals surface area contributed by atoms with E-state index in [9.17, 15) is 14.4 Å². The van der Waals surface area contributed by atoms with E-state index < -0.39 is 18.0 Å². The topological polar surface area (TPSA) is 77.4 Å². The number of carbonyl (C=O) groups is 2. The Hall–Kier alpha value is -2.89. The molecule has 1 aromatic carbocycles. The Morgan fingerprint density at radius 1 is 1.20 bits per heavy atom. The number of anilines is 1. The first-order valence-corrected chi connectivity index (χ1v) is 8.30. The second-order valence-corrected chi connectivity index (χ2v) is 6.13.